The highest BCUT2D eigenvalue weighted by molar-refractivity contribution is 5.80. The van der Waals surface area contributed by atoms with Gasteiger partial charge < -0.3 is 14.5 Å². The first-order chi connectivity index (χ1) is 9.76. The Kier molecular flexibility index (Phi) is 3.97. The molecular weight excluding hydrogens is 272 g/mol. The Morgan fingerprint density at radius 3 is 2.76 bits per heavy atom. The van der Waals surface area contributed by atoms with Gasteiger partial charge in [-0.1, -0.05) is 12.1 Å². The summed E-state index contributed by atoms with van der Waals surface area (Å²) in [6, 6.07) is 5.37. The molecule has 21 heavy (non-hydrogen) atoms. The number of benzene rings is 1. The van der Waals surface area contributed by atoms with E-state index >= 15 is 0 Å². The first kappa shape index (κ1) is 15.0. The molecule has 112 valence electrons. The molecule has 1 amide bonds. The van der Waals surface area contributed by atoms with Gasteiger partial charge in [-0.05, 0) is 39.3 Å². The molecule has 6 nitrogen and oxygen atoms in total. The molecule has 0 atom stereocenters. The maximum atomic E-state index is 11.9. The van der Waals surface area contributed by atoms with Crippen molar-refractivity contribution in [2.24, 2.45) is 0 Å². The third-order valence-electron chi connectivity index (χ3n) is 2.69. The van der Waals surface area contributed by atoms with E-state index in [1.165, 1.54) is 0 Å². The quantitative estimate of drug-likeness (QED) is 0.919. The molecule has 0 fully saturated rings. The van der Waals surface area contributed by atoms with E-state index < -0.39 is 17.3 Å². The van der Waals surface area contributed by atoms with Crippen molar-refractivity contribution >= 4 is 17.0 Å². The molecule has 0 saturated carbocycles. The summed E-state index contributed by atoms with van der Waals surface area (Å²) in [7, 11) is 0. The van der Waals surface area contributed by atoms with Crippen LogP contribution in [0.4, 0.5) is 4.79 Å². The summed E-state index contributed by atoms with van der Waals surface area (Å²) in [4.78, 5) is 27.7. The van der Waals surface area contributed by atoms with E-state index in [2.05, 4.69) is 10.3 Å². The Bertz CT molecular complexity index is 729. The number of carbonyl (C=O) groups is 1. The molecule has 0 aliphatic rings. The molecule has 0 aliphatic heterocycles. The minimum absolute atomic E-state index is 0.00592. The minimum atomic E-state index is -0.587. The van der Waals surface area contributed by atoms with Crippen molar-refractivity contribution in [3.05, 3.63) is 40.1 Å². The number of alkyl carbamates (subject to hydrolysis) is 1. The molecule has 6 heteroatoms. The number of rotatable bonds is 2. The monoisotopic (exact) mass is 290 g/mol. The van der Waals surface area contributed by atoms with Gasteiger partial charge in [-0.2, -0.15) is 0 Å². The molecule has 1 heterocycles. The Hall–Kier alpha value is -2.37. The molecule has 0 saturated heterocycles. The van der Waals surface area contributed by atoms with Gasteiger partial charge in [0.05, 0.1) is 17.4 Å². The zero-order valence-electron chi connectivity index (χ0n) is 12.5. The first-order valence-electron chi connectivity index (χ1n) is 6.62. The van der Waals surface area contributed by atoms with E-state index in [1.54, 1.807) is 26.8 Å². The van der Waals surface area contributed by atoms with E-state index in [0.717, 1.165) is 5.56 Å². The van der Waals surface area contributed by atoms with Crippen LogP contribution in [0.5, 0.6) is 0 Å². The number of nitrogens with one attached hydrogen (secondary N) is 1. The van der Waals surface area contributed by atoms with Crippen molar-refractivity contribution in [3.8, 4) is 0 Å². The van der Waals surface area contributed by atoms with Crippen molar-refractivity contribution in [1.82, 2.24) is 10.3 Å². The topological polar surface area (TPSA) is 81.4 Å². The van der Waals surface area contributed by atoms with E-state index in [9.17, 15) is 9.59 Å². The summed E-state index contributed by atoms with van der Waals surface area (Å²) < 4.78 is 10.2. The van der Waals surface area contributed by atoms with Crippen LogP contribution in [0.25, 0.3) is 10.9 Å². The molecule has 0 radical (unpaired) electrons. The number of nitrogens with zero attached hydrogens (tertiary/aromatic N) is 1. The van der Waals surface area contributed by atoms with E-state index in [4.69, 9.17) is 9.15 Å². The molecule has 0 aliphatic carbocycles. The third-order valence-corrected chi connectivity index (χ3v) is 2.69. The lowest BCUT2D eigenvalue weighted by molar-refractivity contribution is 0.0518. The molecule has 2 aromatic rings. The van der Waals surface area contributed by atoms with Crippen LogP contribution in [0.3, 0.4) is 0 Å². The van der Waals surface area contributed by atoms with E-state index in [1.807, 2.05) is 19.1 Å². The van der Waals surface area contributed by atoms with Crippen molar-refractivity contribution in [2.75, 3.05) is 0 Å². The third kappa shape index (κ3) is 3.81. The second-order valence-electron chi connectivity index (χ2n) is 5.72. The van der Waals surface area contributed by atoms with Gasteiger partial charge in [0.1, 0.15) is 5.60 Å². The Balaban J connectivity index is 2.17. The van der Waals surface area contributed by atoms with Gasteiger partial charge in [-0.15, -0.1) is 0 Å². The fraction of sp³-hybridized carbons (Fsp3) is 0.400. The van der Waals surface area contributed by atoms with Crippen molar-refractivity contribution in [3.63, 3.8) is 0 Å². The van der Waals surface area contributed by atoms with Crippen LogP contribution < -0.4 is 10.9 Å². The highest BCUT2D eigenvalue weighted by atomic mass is 16.6. The lowest BCUT2D eigenvalue weighted by Gasteiger charge is -2.19. The van der Waals surface area contributed by atoms with Gasteiger partial charge in [-0.3, -0.25) is 0 Å². The van der Waals surface area contributed by atoms with Crippen LogP contribution in [-0.2, 0) is 11.3 Å². The van der Waals surface area contributed by atoms with E-state index in [-0.39, 0.29) is 12.4 Å². The predicted octanol–water partition coefficient (Wildman–Crippen LogP) is 2.52. The first-order valence-corrected chi connectivity index (χ1v) is 6.62. The molecular formula is C15H18N2O4. The number of ether oxygens (including phenoxy) is 1. The van der Waals surface area contributed by atoms with Gasteiger partial charge in [0.2, 0.25) is 5.89 Å². The Labute approximate surface area is 122 Å². The molecule has 0 spiro atoms. The Morgan fingerprint density at radius 2 is 2.10 bits per heavy atom. The standard InChI is InChI=1S/C15H18N2O4/c1-9-6-5-7-10-12(9)13(18)20-11(17-10)8-16-14(19)21-15(2,3)4/h5-7H,8H2,1-4H3,(H,16,19). The molecule has 2 rings (SSSR count). The van der Waals surface area contributed by atoms with Crippen LogP contribution in [0.1, 0.15) is 32.2 Å². The molecule has 0 bridgehead atoms. The second kappa shape index (κ2) is 5.55. The van der Waals surface area contributed by atoms with Gasteiger partial charge >= 0.3 is 11.7 Å². The summed E-state index contributed by atoms with van der Waals surface area (Å²) >= 11 is 0. The average molecular weight is 290 g/mol. The summed E-state index contributed by atoms with van der Waals surface area (Å²) in [6.45, 7) is 7.12. The number of fused-ring (bicyclic) bond motifs is 1. The van der Waals surface area contributed by atoms with Crippen molar-refractivity contribution in [1.29, 1.82) is 0 Å². The van der Waals surface area contributed by atoms with Crippen LogP contribution in [0, 0.1) is 6.92 Å². The molecule has 1 aromatic heterocycles. The van der Waals surface area contributed by atoms with Crippen LogP contribution in [-0.4, -0.2) is 16.7 Å². The summed E-state index contributed by atoms with van der Waals surface area (Å²) in [6.07, 6.45) is -0.587. The van der Waals surface area contributed by atoms with Gasteiger partial charge in [-0.25, -0.2) is 14.6 Å². The zero-order valence-corrected chi connectivity index (χ0v) is 12.5. The normalized spacial score (nSPS) is 11.4. The number of carbonyl (C=O) groups excluding carboxylic acids is 1. The summed E-state index contributed by atoms with van der Waals surface area (Å²) in [5.74, 6) is 0.143. The van der Waals surface area contributed by atoms with Crippen LogP contribution in [0.15, 0.2) is 27.4 Å². The highest BCUT2D eigenvalue weighted by Gasteiger charge is 2.16. The molecule has 1 N–H and O–H groups in total. The predicted molar refractivity (Wildman–Crippen MR) is 78.1 cm³/mol. The zero-order chi connectivity index (χ0) is 15.6. The average Bonchev–Trinajstić information content (AvgIpc) is 2.34. The van der Waals surface area contributed by atoms with E-state index in [0.29, 0.717) is 10.9 Å². The number of hydrogen-bond acceptors (Lipinski definition) is 5. The van der Waals surface area contributed by atoms with Gasteiger partial charge in [0.25, 0.3) is 0 Å². The lowest BCUT2D eigenvalue weighted by Crippen LogP contribution is -2.32. The van der Waals surface area contributed by atoms with Crippen LogP contribution >= 0.6 is 0 Å². The summed E-state index contributed by atoms with van der Waals surface area (Å²) in [5, 5.41) is 2.96. The minimum Gasteiger partial charge on any atom is -0.444 e. The number of aromatic nitrogens is 1. The lowest BCUT2D eigenvalue weighted by atomic mass is 10.1. The van der Waals surface area contributed by atoms with Gasteiger partial charge in [0, 0.05) is 0 Å². The Morgan fingerprint density at radius 1 is 1.38 bits per heavy atom. The highest BCUT2D eigenvalue weighted by Crippen LogP contribution is 2.12. The SMILES string of the molecule is Cc1cccc2nc(CNC(=O)OC(C)(C)C)oc(=O)c12. The second-order valence-corrected chi connectivity index (χ2v) is 5.72. The molecule has 1 aromatic carbocycles. The fourth-order valence-electron chi connectivity index (χ4n) is 1.86. The van der Waals surface area contributed by atoms with Crippen LogP contribution in [0.2, 0.25) is 0 Å². The maximum absolute atomic E-state index is 11.9. The number of amides is 1. The molecule has 0 unspecified atom stereocenters. The smallest absolute Gasteiger partial charge is 0.408 e. The summed E-state index contributed by atoms with van der Waals surface area (Å²) in [5.41, 5.74) is 0.311. The van der Waals surface area contributed by atoms with Crippen molar-refractivity contribution < 1.29 is 13.9 Å². The van der Waals surface area contributed by atoms with Crippen molar-refractivity contribution in [2.45, 2.75) is 39.8 Å². The maximum Gasteiger partial charge on any atom is 0.408 e. The fourth-order valence-corrected chi connectivity index (χ4v) is 1.86. The number of hydrogen-bond donors (Lipinski definition) is 1. The largest absolute Gasteiger partial charge is 0.444 e. The van der Waals surface area contributed by atoms with Gasteiger partial charge in [0.15, 0.2) is 0 Å². The number of aryl methyl sites for hydroxylation is 1.